The summed E-state index contributed by atoms with van der Waals surface area (Å²) in [6.45, 7) is 1.77. The second-order valence-corrected chi connectivity index (χ2v) is 4.85. The maximum absolute atomic E-state index is 13.6. The van der Waals surface area contributed by atoms with Gasteiger partial charge in [0.1, 0.15) is 17.7 Å². The van der Waals surface area contributed by atoms with Crippen LogP contribution in [0, 0.1) is 12.7 Å². The SMILES string of the molecule is Cc1cc2n(n1)C(C(=O)Nc1ccccc1F)CC(=O)N2. The third-order valence-electron chi connectivity index (χ3n) is 3.23. The molecule has 1 aromatic carbocycles. The molecule has 1 atom stereocenters. The zero-order valence-electron chi connectivity index (χ0n) is 11.3. The fourth-order valence-electron chi connectivity index (χ4n) is 2.29. The van der Waals surface area contributed by atoms with Crippen molar-refractivity contribution in [2.45, 2.75) is 19.4 Å². The predicted molar refractivity (Wildman–Crippen MR) is 74.3 cm³/mol. The number of fused-ring (bicyclic) bond motifs is 1. The van der Waals surface area contributed by atoms with Crippen LogP contribution < -0.4 is 10.6 Å². The Hall–Kier alpha value is -2.70. The maximum atomic E-state index is 13.6. The number of benzene rings is 1. The highest BCUT2D eigenvalue weighted by Crippen LogP contribution is 2.26. The van der Waals surface area contributed by atoms with Gasteiger partial charge in [-0.25, -0.2) is 9.07 Å². The normalized spacial score (nSPS) is 17.0. The Bertz CT molecular complexity index is 726. The van der Waals surface area contributed by atoms with Gasteiger partial charge in [-0.1, -0.05) is 12.1 Å². The molecular formula is C14H13FN4O2. The number of para-hydroxylation sites is 1. The van der Waals surface area contributed by atoms with E-state index in [1.165, 1.54) is 22.9 Å². The van der Waals surface area contributed by atoms with Gasteiger partial charge in [-0.3, -0.25) is 9.59 Å². The molecular weight excluding hydrogens is 275 g/mol. The lowest BCUT2D eigenvalue weighted by Gasteiger charge is -2.23. The standard InChI is InChI=1S/C14H13FN4O2/c1-8-6-12-17-13(20)7-11(19(12)18-8)14(21)16-10-5-3-2-4-9(10)15/h2-6,11H,7H2,1H3,(H,16,21)(H,17,20). The maximum Gasteiger partial charge on any atom is 0.249 e. The van der Waals surface area contributed by atoms with E-state index in [1.807, 2.05) is 0 Å². The van der Waals surface area contributed by atoms with Crippen molar-refractivity contribution in [2.24, 2.45) is 0 Å². The number of amides is 2. The first kappa shape index (κ1) is 13.3. The minimum Gasteiger partial charge on any atom is -0.322 e. The van der Waals surface area contributed by atoms with E-state index in [4.69, 9.17) is 0 Å². The van der Waals surface area contributed by atoms with E-state index >= 15 is 0 Å². The lowest BCUT2D eigenvalue weighted by atomic mass is 10.1. The van der Waals surface area contributed by atoms with Crippen LogP contribution in [0.5, 0.6) is 0 Å². The molecule has 1 aromatic heterocycles. The van der Waals surface area contributed by atoms with Crippen molar-refractivity contribution >= 4 is 23.3 Å². The highest BCUT2D eigenvalue weighted by atomic mass is 19.1. The Morgan fingerprint density at radius 3 is 3.00 bits per heavy atom. The van der Waals surface area contributed by atoms with E-state index in [1.54, 1.807) is 19.1 Å². The van der Waals surface area contributed by atoms with E-state index in [-0.39, 0.29) is 18.0 Å². The number of aryl methyl sites for hydroxylation is 1. The van der Waals surface area contributed by atoms with E-state index in [9.17, 15) is 14.0 Å². The summed E-state index contributed by atoms with van der Waals surface area (Å²) in [5.41, 5.74) is 0.773. The zero-order valence-corrected chi connectivity index (χ0v) is 11.3. The molecule has 1 aliphatic heterocycles. The molecule has 0 bridgehead atoms. The van der Waals surface area contributed by atoms with Gasteiger partial charge >= 0.3 is 0 Å². The predicted octanol–water partition coefficient (Wildman–Crippen LogP) is 1.85. The first-order chi connectivity index (χ1) is 10.0. The average molecular weight is 288 g/mol. The molecule has 21 heavy (non-hydrogen) atoms. The summed E-state index contributed by atoms with van der Waals surface area (Å²) in [6, 6.07) is 6.77. The van der Waals surface area contributed by atoms with Crippen LogP contribution in [0.3, 0.4) is 0 Å². The number of anilines is 2. The first-order valence-electron chi connectivity index (χ1n) is 6.46. The van der Waals surface area contributed by atoms with E-state index in [2.05, 4.69) is 15.7 Å². The number of halogens is 1. The average Bonchev–Trinajstić information content (AvgIpc) is 2.80. The molecule has 7 heteroatoms. The minimum absolute atomic E-state index is 0.0333. The molecule has 2 N–H and O–H groups in total. The molecule has 2 aromatic rings. The number of hydrogen-bond acceptors (Lipinski definition) is 3. The summed E-state index contributed by atoms with van der Waals surface area (Å²) in [5, 5.41) is 9.34. The fourth-order valence-corrected chi connectivity index (χ4v) is 2.29. The van der Waals surface area contributed by atoms with Gasteiger partial charge in [0.25, 0.3) is 0 Å². The lowest BCUT2D eigenvalue weighted by Crippen LogP contribution is -2.35. The summed E-state index contributed by atoms with van der Waals surface area (Å²) in [4.78, 5) is 24.0. The van der Waals surface area contributed by atoms with Crippen molar-refractivity contribution in [1.82, 2.24) is 9.78 Å². The lowest BCUT2D eigenvalue weighted by molar-refractivity contribution is -0.125. The summed E-state index contributed by atoms with van der Waals surface area (Å²) >= 11 is 0. The van der Waals surface area contributed by atoms with Gasteiger partial charge in [-0.15, -0.1) is 0 Å². The molecule has 0 spiro atoms. The Labute approximate surface area is 120 Å². The molecule has 108 valence electrons. The molecule has 0 saturated heterocycles. The number of nitrogens with zero attached hydrogens (tertiary/aromatic N) is 2. The number of carbonyl (C=O) groups is 2. The van der Waals surface area contributed by atoms with Gasteiger partial charge in [0.05, 0.1) is 17.8 Å². The molecule has 0 aliphatic carbocycles. The van der Waals surface area contributed by atoms with E-state index < -0.39 is 17.8 Å². The van der Waals surface area contributed by atoms with Crippen LogP contribution >= 0.6 is 0 Å². The van der Waals surface area contributed by atoms with Gasteiger partial charge in [0.15, 0.2) is 0 Å². The number of carbonyl (C=O) groups excluding carboxylic acids is 2. The van der Waals surface area contributed by atoms with Crippen LogP contribution in [0.15, 0.2) is 30.3 Å². The van der Waals surface area contributed by atoms with Crippen LogP contribution in [0.25, 0.3) is 0 Å². The van der Waals surface area contributed by atoms with Crippen LogP contribution in [0.4, 0.5) is 15.9 Å². The highest BCUT2D eigenvalue weighted by Gasteiger charge is 2.31. The summed E-state index contributed by atoms with van der Waals surface area (Å²) in [5.74, 6) is -0.796. The molecule has 1 unspecified atom stereocenters. The summed E-state index contributed by atoms with van der Waals surface area (Å²) < 4.78 is 15.0. The third kappa shape index (κ3) is 2.49. The van der Waals surface area contributed by atoms with Crippen molar-refractivity contribution in [3.8, 4) is 0 Å². The Morgan fingerprint density at radius 1 is 1.48 bits per heavy atom. The highest BCUT2D eigenvalue weighted by molar-refractivity contribution is 6.01. The van der Waals surface area contributed by atoms with Crippen molar-refractivity contribution < 1.29 is 14.0 Å². The topological polar surface area (TPSA) is 76.0 Å². The van der Waals surface area contributed by atoms with E-state index in [0.717, 1.165) is 0 Å². The Balaban J connectivity index is 1.88. The van der Waals surface area contributed by atoms with Crippen molar-refractivity contribution in [3.63, 3.8) is 0 Å². The molecule has 2 heterocycles. The number of hydrogen-bond donors (Lipinski definition) is 2. The molecule has 6 nitrogen and oxygen atoms in total. The molecule has 2 amide bonds. The van der Waals surface area contributed by atoms with Gasteiger partial charge < -0.3 is 10.6 Å². The number of rotatable bonds is 2. The summed E-state index contributed by atoms with van der Waals surface area (Å²) in [7, 11) is 0. The van der Waals surface area contributed by atoms with Crippen LogP contribution in [-0.2, 0) is 9.59 Å². The van der Waals surface area contributed by atoms with Crippen LogP contribution in [0.2, 0.25) is 0 Å². The van der Waals surface area contributed by atoms with Crippen molar-refractivity contribution in [3.05, 3.63) is 41.8 Å². The molecule has 0 fully saturated rings. The second-order valence-electron chi connectivity index (χ2n) is 4.85. The van der Waals surface area contributed by atoms with E-state index in [0.29, 0.717) is 11.5 Å². The van der Waals surface area contributed by atoms with Crippen molar-refractivity contribution in [1.29, 1.82) is 0 Å². The monoisotopic (exact) mass is 288 g/mol. The van der Waals surface area contributed by atoms with Gasteiger partial charge in [-0.05, 0) is 19.1 Å². The molecule has 0 radical (unpaired) electrons. The number of aromatic nitrogens is 2. The number of nitrogens with one attached hydrogen (secondary N) is 2. The quantitative estimate of drug-likeness (QED) is 0.885. The zero-order chi connectivity index (χ0) is 15.0. The molecule has 1 aliphatic rings. The Morgan fingerprint density at radius 2 is 2.24 bits per heavy atom. The van der Waals surface area contributed by atoms with Gasteiger partial charge in [0, 0.05) is 6.07 Å². The Kier molecular flexibility index (Phi) is 3.17. The fraction of sp³-hybridized carbons (Fsp3) is 0.214. The van der Waals surface area contributed by atoms with Crippen molar-refractivity contribution in [2.75, 3.05) is 10.6 Å². The minimum atomic E-state index is -0.790. The van der Waals surface area contributed by atoms with Gasteiger partial charge in [-0.2, -0.15) is 5.10 Å². The molecule has 0 saturated carbocycles. The summed E-state index contributed by atoms with van der Waals surface area (Å²) in [6.07, 6.45) is -0.0333. The third-order valence-corrected chi connectivity index (χ3v) is 3.23. The molecule has 3 rings (SSSR count). The largest absolute Gasteiger partial charge is 0.322 e. The smallest absolute Gasteiger partial charge is 0.249 e. The first-order valence-corrected chi connectivity index (χ1v) is 6.46. The van der Waals surface area contributed by atoms with Crippen LogP contribution in [-0.4, -0.2) is 21.6 Å². The van der Waals surface area contributed by atoms with Crippen LogP contribution in [0.1, 0.15) is 18.2 Å². The second kappa shape index (κ2) is 5.01. The van der Waals surface area contributed by atoms with Gasteiger partial charge in [0.2, 0.25) is 11.8 Å².